The fourth-order valence-corrected chi connectivity index (χ4v) is 1.38. The number of nitrogens with one attached hydrogen (secondary N) is 2. The van der Waals surface area contributed by atoms with E-state index >= 15 is 0 Å². The van der Waals surface area contributed by atoms with Crippen molar-refractivity contribution in [2.24, 2.45) is 0 Å². The Morgan fingerprint density at radius 1 is 1.31 bits per heavy atom. The molecule has 0 heterocycles. The zero-order valence-corrected chi connectivity index (χ0v) is 8.93. The molecule has 5 heteroatoms. The molecule has 1 atom stereocenters. The number of hydrogen-bond donors (Lipinski definition) is 3. The topological polar surface area (TPSA) is 78.4 Å². The Morgan fingerprint density at radius 2 is 1.94 bits per heavy atom. The summed E-state index contributed by atoms with van der Waals surface area (Å²) in [6.07, 6.45) is 0.340. The molecular formula is C11H14N2O3. The molecule has 2 amide bonds. The molecular weight excluding hydrogens is 208 g/mol. The average molecular weight is 222 g/mol. The van der Waals surface area contributed by atoms with Crippen LogP contribution < -0.4 is 10.8 Å². The molecule has 1 rings (SSSR count). The number of amides is 2. The molecule has 3 N–H and O–H groups in total. The van der Waals surface area contributed by atoms with Crippen LogP contribution in [-0.2, 0) is 16.0 Å². The first kappa shape index (κ1) is 12.2. The fraction of sp³-hybridized carbons (Fsp3) is 0.273. The van der Waals surface area contributed by atoms with Crippen LogP contribution in [0.5, 0.6) is 0 Å². The first-order chi connectivity index (χ1) is 7.63. The molecule has 5 nitrogen and oxygen atoms in total. The van der Waals surface area contributed by atoms with Gasteiger partial charge in [-0.05, 0) is 5.56 Å². The lowest BCUT2D eigenvalue weighted by Gasteiger charge is -2.15. The minimum absolute atomic E-state index is 0.315. The van der Waals surface area contributed by atoms with Gasteiger partial charge in [0.1, 0.15) is 6.04 Å². The van der Waals surface area contributed by atoms with Gasteiger partial charge >= 0.3 is 0 Å². The fourth-order valence-electron chi connectivity index (χ4n) is 1.38. The second kappa shape index (κ2) is 5.87. The first-order valence-corrected chi connectivity index (χ1v) is 4.88. The highest BCUT2D eigenvalue weighted by molar-refractivity contribution is 5.86. The summed E-state index contributed by atoms with van der Waals surface area (Å²) in [6, 6.07) is 8.49. The smallest absolute Gasteiger partial charge is 0.266 e. The number of rotatable bonds is 4. The molecule has 0 unspecified atom stereocenters. The van der Waals surface area contributed by atoms with Crippen LogP contribution in [0.2, 0.25) is 0 Å². The van der Waals surface area contributed by atoms with Gasteiger partial charge in [0, 0.05) is 13.3 Å². The lowest BCUT2D eigenvalue weighted by molar-refractivity contribution is -0.134. The molecule has 0 aliphatic heterocycles. The third kappa shape index (κ3) is 3.70. The predicted molar refractivity (Wildman–Crippen MR) is 57.7 cm³/mol. The van der Waals surface area contributed by atoms with E-state index in [-0.39, 0.29) is 5.91 Å². The zero-order valence-electron chi connectivity index (χ0n) is 8.93. The molecule has 0 spiro atoms. The van der Waals surface area contributed by atoms with Crippen LogP contribution >= 0.6 is 0 Å². The Labute approximate surface area is 93.4 Å². The van der Waals surface area contributed by atoms with Gasteiger partial charge in [0.15, 0.2) is 0 Å². The van der Waals surface area contributed by atoms with E-state index in [1.54, 1.807) is 0 Å². The maximum Gasteiger partial charge on any atom is 0.266 e. The SMILES string of the molecule is CC(=O)N[C@@H](Cc1ccccc1)C(=O)NO. The Hall–Kier alpha value is -1.88. The van der Waals surface area contributed by atoms with Crippen LogP contribution in [0.1, 0.15) is 12.5 Å². The van der Waals surface area contributed by atoms with Gasteiger partial charge in [0.05, 0.1) is 0 Å². The van der Waals surface area contributed by atoms with Crippen LogP contribution in [0, 0.1) is 0 Å². The molecule has 16 heavy (non-hydrogen) atoms. The Kier molecular flexibility index (Phi) is 4.47. The number of carbonyl (C=O) groups is 2. The molecule has 0 aliphatic rings. The Balaban J connectivity index is 2.70. The van der Waals surface area contributed by atoms with E-state index < -0.39 is 11.9 Å². The molecule has 0 radical (unpaired) electrons. The molecule has 1 aromatic rings. The molecule has 1 aromatic carbocycles. The van der Waals surface area contributed by atoms with Crippen molar-refractivity contribution in [1.82, 2.24) is 10.8 Å². The summed E-state index contributed by atoms with van der Waals surface area (Å²) in [6.45, 7) is 1.32. The summed E-state index contributed by atoms with van der Waals surface area (Å²) in [7, 11) is 0. The largest absolute Gasteiger partial charge is 0.344 e. The number of benzene rings is 1. The second-order valence-electron chi connectivity index (χ2n) is 3.42. The standard InChI is InChI=1S/C11H14N2O3/c1-8(14)12-10(11(15)13-16)7-9-5-3-2-4-6-9/h2-6,10,16H,7H2,1H3,(H,12,14)(H,13,15)/t10-/m0/s1. The minimum Gasteiger partial charge on any atom is -0.344 e. The van der Waals surface area contributed by atoms with Gasteiger partial charge in [-0.25, -0.2) is 5.48 Å². The Morgan fingerprint density at radius 3 is 2.44 bits per heavy atom. The van der Waals surface area contributed by atoms with Crippen molar-refractivity contribution in [3.05, 3.63) is 35.9 Å². The van der Waals surface area contributed by atoms with Crippen molar-refractivity contribution in [1.29, 1.82) is 0 Å². The van der Waals surface area contributed by atoms with Crippen LogP contribution in [0.25, 0.3) is 0 Å². The zero-order chi connectivity index (χ0) is 12.0. The van der Waals surface area contributed by atoms with E-state index in [2.05, 4.69) is 5.32 Å². The van der Waals surface area contributed by atoms with Crippen LogP contribution in [0.4, 0.5) is 0 Å². The molecule has 0 saturated heterocycles. The summed E-state index contributed by atoms with van der Waals surface area (Å²) in [5.41, 5.74) is 2.44. The summed E-state index contributed by atoms with van der Waals surface area (Å²) >= 11 is 0. The van der Waals surface area contributed by atoms with Gasteiger partial charge in [-0.15, -0.1) is 0 Å². The van der Waals surface area contributed by atoms with E-state index in [9.17, 15) is 9.59 Å². The van der Waals surface area contributed by atoms with Gasteiger partial charge < -0.3 is 5.32 Å². The van der Waals surface area contributed by atoms with Crippen LogP contribution in [-0.4, -0.2) is 23.1 Å². The maximum absolute atomic E-state index is 11.3. The minimum atomic E-state index is -0.759. The second-order valence-corrected chi connectivity index (χ2v) is 3.42. The summed E-state index contributed by atoms with van der Waals surface area (Å²) in [4.78, 5) is 22.2. The summed E-state index contributed by atoms with van der Waals surface area (Å²) in [5, 5.41) is 11.0. The van der Waals surface area contributed by atoms with Crippen molar-refractivity contribution >= 4 is 11.8 Å². The number of hydroxylamine groups is 1. The lowest BCUT2D eigenvalue weighted by Crippen LogP contribution is -2.46. The van der Waals surface area contributed by atoms with Crippen LogP contribution in [0.3, 0.4) is 0 Å². The number of hydrogen-bond acceptors (Lipinski definition) is 3. The van der Waals surface area contributed by atoms with E-state index in [0.29, 0.717) is 6.42 Å². The first-order valence-electron chi connectivity index (χ1n) is 4.88. The van der Waals surface area contributed by atoms with Gasteiger partial charge in [-0.3, -0.25) is 14.8 Å². The highest BCUT2D eigenvalue weighted by atomic mass is 16.5. The molecule has 0 saturated carbocycles. The molecule has 0 bridgehead atoms. The van der Waals surface area contributed by atoms with E-state index in [1.807, 2.05) is 30.3 Å². The normalized spacial score (nSPS) is 11.6. The van der Waals surface area contributed by atoms with Crippen molar-refractivity contribution in [3.63, 3.8) is 0 Å². The van der Waals surface area contributed by atoms with Gasteiger partial charge in [-0.2, -0.15) is 0 Å². The average Bonchev–Trinajstić information content (AvgIpc) is 2.28. The molecule has 0 aliphatic carbocycles. The summed E-state index contributed by atoms with van der Waals surface area (Å²) < 4.78 is 0. The predicted octanol–water partition coefficient (Wildman–Crippen LogP) is 0.239. The molecule has 0 aromatic heterocycles. The third-order valence-corrected chi connectivity index (χ3v) is 2.09. The van der Waals surface area contributed by atoms with E-state index in [4.69, 9.17) is 5.21 Å². The molecule has 0 fully saturated rings. The third-order valence-electron chi connectivity index (χ3n) is 2.09. The van der Waals surface area contributed by atoms with Crippen LogP contribution in [0.15, 0.2) is 30.3 Å². The lowest BCUT2D eigenvalue weighted by atomic mass is 10.1. The molecule has 86 valence electrons. The van der Waals surface area contributed by atoms with Crippen molar-refractivity contribution in [2.75, 3.05) is 0 Å². The van der Waals surface area contributed by atoms with Gasteiger partial charge in [0.25, 0.3) is 5.91 Å². The Bertz CT molecular complexity index is 365. The number of carbonyl (C=O) groups excluding carboxylic acids is 2. The highest BCUT2D eigenvalue weighted by Crippen LogP contribution is 2.03. The van der Waals surface area contributed by atoms with E-state index in [1.165, 1.54) is 12.4 Å². The van der Waals surface area contributed by atoms with Gasteiger partial charge in [0.2, 0.25) is 5.91 Å². The summed E-state index contributed by atoms with van der Waals surface area (Å²) in [5.74, 6) is -0.941. The highest BCUT2D eigenvalue weighted by Gasteiger charge is 2.18. The van der Waals surface area contributed by atoms with Crippen molar-refractivity contribution in [2.45, 2.75) is 19.4 Å². The quantitative estimate of drug-likeness (QED) is 0.504. The van der Waals surface area contributed by atoms with Crippen molar-refractivity contribution < 1.29 is 14.8 Å². The monoisotopic (exact) mass is 222 g/mol. The van der Waals surface area contributed by atoms with Gasteiger partial charge in [-0.1, -0.05) is 30.3 Å². The maximum atomic E-state index is 11.3. The van der Waals surface area contributed by atoms with E-state index in [0.717, 1.165) is 5.56 Å². The van der Waals surface area contributed by atoms with Crippen molar-refractivity contribution in [3.8, 4) is 0 Å².